The largest absolute Gasteiger partial charge is 0.456 e. The van der Waals surface area contributed by atoms with Crippen LogP contribution in [0, 0.1) is 0 Å². The van der Waals surface area contributed by atoms with Crippen LogP contribution in [0.5, 0.6) is 0 Å². The lowest BCUT2D eigenvalue weighted by Gasteiger charge is -1.97. The van der Waals surface area contributed by atoms with Gasteiger partial charge in [-0.15, -0.1) is 0 Å². The third-order valence-electron chi connectivity index (χ3n) is 5.80. The third kappa shape index (κ3) is 1.82. The Labute approximate surface area is 159 Å². The Morgan fingerprint density at radius 1 is 0.357 bits per heavy atom. The van der Waals surface area contributed by atoms with Gasteiger partial charge in [-0.1, -0.05) is 48.5 Å². The zero-order valence-corrected chi connectivity index (χ0v) is 14.9. The van der Waals surface area contributed by atoms with Crippen molar-refractivity contribution in [3.63, 3.8) is 0 Å². The number of rotatable bonds is 0. The van der Waals surface area contributed by atoms with Crippen molar-refractivity contribution in [1.29, 1.82) is 0 Å². The molecule has 0 unspecified atom stereocenters. The minimum atomic E-state index is 0.897. The summed E-state index contributed by atoms with van der Waals surface area (Å²) in [6.45, 7) is 0. The first-order valence-corrected chi connectivity index (χ1v) is 9.44. The van der Waals surface area contributed by atoms with Crippen molar-refractivity contribution in [3.8, 4) is 0 Å². The summed E-state index contributed by atoms with van der Waals surface area (Å²) < 4.78 is 12.5. The molecule has 7 aromatic rings. The molecular weight excluding hydrogens is 344 g/mol. The fraction of sp³-hybridized carbons (Fsp3) is 0. The highest BCUT2D eigenvalue weighted by atomic mass is 16.3. The normalized spacial score (nSPS) is 12.3. The van der Waals surface area contributed by atoms with Crippen molar-refractivity contribution < 1.29 is 8.83 Å². The summed E-state index contributed by atoms with van der Waals surface area (Å²) in [6.07, 6.45) is 0. The molecule has 0 aliphatic carbocycles. The minimum absolute atomic E-state index is 0.897. The van der Waals surface area contributed by atoms with E-state index < -0.39 is 0 Å². The van der Waals surface area contributed by atoms with Crippen molar-refractivity contribution in [2.24, 2.45) is 0 Å². The Bertz CT molecular complexity index is 1580. The van der Waals surface area contributed by atoms with Crippen LogP contribution in [0.25, 0.3) is 65.4 Å². The van der Waals surface area contributed by atoms with Crippen LogP contribution in [0.4, 0.5) is 0 Å². The first kappa shape index (κ1) is 14.3. The molecule has 0 bridgehead atoms. The Morgan fingerprint density at radius 2 is 0.679 bits per heavy atom. The minimum Gasteiger partial charge on any atom is -0.456 e. The molecule has 0 saturated carbocycles. The molecule has 28 heavy (non-hydrogen) atoms. The number of benzene rings is 5. The maximum atomic E-state index is 6.23. The lowest BCUT2D eigenvalue weighted by Crippen LogP contribution is -1.73. The van der Waals surface area contributed by atoms with E-state index in [1.165, 1.54) is 21.5 Å². The van der Waals surface area contributed by atoms with Crippen LogP contribution in [0.15, 0.2) is 93.8 Å². The zero-order chi connectivity index (χ0) is 18.2. The van der Waals surface area contributed by atoms with E-state index in [0.29, 0.717) is 0 Å². The smallest absolute Gasteiger partial charge is 0.136 e. The predicted molar refractivity (Wildman–Crippen MR) is 116 cm³/mol. The molecule has 0 amide bonds. The molecule has 0 saturated heterocycles. The number of furan rings is 2. The van der Waals surface area contributed by atoms with Crippen molar-refractivity contribution in [3.05, 3.63) is 84.9 Å². The molecule has 0 spiro atoms. The van der Waals surface area contributed by atoms with Crippen molar-refractivity contribution in [2.75, 3.05) is 0 Å². The molecular formula is C26H14O2. The van der Waals surface area contributed by atoms with E-state index in [2.05, 4.69) is 84.9 Å². The Balaban J connectivity index is 1.62. The van der Waals surface area contributed by atoms with Crippen molar-refractivity contribution in [2.45, 2.75) is 0 Å². The van der Waals surface area contributed by atoms with E-state index in [9.17, 15) is 0 Å². The second-order valence-corrected chi connectivity index (χ2v) is 7.44. The lowest BCUT2D eigenvalue weighted by molar-refractivity contribution is 0.664. The van der Waals surface area contributed by atoms with E-state index >= 15 is 0 Å². The highest BCUT2D eigenvalue weighted by molar-refractivity contribution is 6.17. The summed E-state index contributed by atoms with van der Waals surface area (Å²) in [5, 5.41) is 9.25. The van der Waals surface area contributed by atoms with Crippen LogP contribution in [-0.4, -0.2) is 0 Å². The van der Waals surface area contributed by atoms with Gasteiger partial charge in [0.2, 0.25) is 0 Å². The maximum Gasteiger partial charge on any atom is 0.136 e. The SMILES string of the molecule is c1ccc2cc3c(cc2c1)oc1cc2c(cc13)oc1cc3ccccc3cc12. The first-order valence-electron chi connectivity index (χ1n) is 9.44. The van der Waals surface area contributed by atoms with Crippen molar-refractivity contribution >= 4 is 65.4 Å². The third-order valence-corrected chi connectivity index (χ3v) is 5.80. The zero-order valence-electron chi connectivity index (χ0n) is 14.9. The molecule has 0 aliphatic heterocycles. The second kappa shape index (κ2) is 4.93. The van der Waals surface area contributed by atoms with Crippen LogP contribution in [0.3, 0.4) is 0 Å². The molecule has 7 rings (SSSR count). The molecule has 5 aromatic carbocycles. The monoisotopic (exact) mass is 358 g/mol. The summed E-state index contributed by atoms with van der Waals surface area (Å²) in [5.74, 6) is 0. The van der Waals surface area contributed by atoms with Gasteiger partial charge in [-0.2, -0.15) is 0 Å². The standard InChI is InChI=1S/C26H14O2/c1-3-7-17-11-23-19(9-15(17)5-1)21-13-26-22(14-25(21)27-23)20-10-16-6-2-4-8-18(16)12-24(20)28-26/h1-14H. The summed E-state index contributed by atoms with van der Waals surface area (Å²) >= 11 is 0. The molecule has 2 nitrogen and oxygen atoms in total. The van der Waals surface area contributed by atoms with Gasteiger partial charge in [-0.25, -0.2) is 0 Å². The van der Waals surface area contributed by atoms with E-state index in [0.717, 1.165) is 43.9 Å². The lowest BCUT2D eigenvalue weighted by atomic mass is 10.0. The summed E-state index contributed by atoms with van der Waals surface area (Å²) in [6, 6.07) is 29.7. The first-order chi connectivity index (χ1) is 13.8. The number of hydrogen-bond donors (Lipinski definition) is 0. The van der Waals surface area contributed by atoms with Crippen LogP contribution in [0.1, 0.15) is 0 Å². The molecule has 0 N–H and O–H groups in total. The Morgan fingerprint density at radius 3 is 1.11 bits per heavy atom. The molecule has 0 aliphatic rings. The van der Waals surface area contributed by atoms with Gasteiger partial charge in [0.1, 0.15) is 22.3 Å². The average molecular weight is 358 g/mol. The Kier molecular flexibility index (Phi) is 2.52. The topological polar surface area (TPSA) is 26.3 Å². The van der Waals surface area contributed by atoms with Gasteiger partial charge >= 0.3 is 0 Å². The molecule has 2 heteroatoms. The van der Waals surface area contributed by atoms with E-state index in [-0.39, 0.29) is 0 Å². The maximum absolute atomic E-state index is 6.23. The molecule has 130 valence electrons. The van der Waals surface area contributed by atoms with E-state index in [4.69, 9.17) is 8.83 Å². The molecule has 0 atom stereocenters. The molecule has 0 fully saturated rings. The summed E-state index contributed by atoms with van der Waals surface area (Å²) in [4.78, 5) is 0. The fourth-order valence-corrected chi connectivity index (χ4v) is 4.42. The van der Waals surface area contributed by atoms with Gasteiger partial charge in [-0.3, -0.25) is 0 Å². The van der Waals surface area contributed by atoms with Gasteiger partial charge in [0.25, 0.3) is 0 Å². The van der Waals surface area contributed by atoms with Crippen molar-refractivity contribution in [1.82, 2.24) is 0 Å². The predicted octanol–water partition coefficient (Wildman–Crippen LogP) is 7.79. The Hall–Kier alpha value is -3.78. The quantitative estimate of drug-likeness (QED) is 0.276. The van der Waals surface area contributed by atoms with E-state index in [1.807, 2.05) is 0 Å². The summed E-state index contributed by atoms with van der Waals surface area (Å²) in [5.41, 5.74) is 3.62. The van der Waals surface area contributed by atoms with Gasteiger partial charge in [0.05, 0.1) is 0 Å². The average Bonchev–Trinajstić information content (AvgIpc) is 3.25. The van der Waals surface area contributed by atoms with Gasteiger partial charge < -0.3 is 8.83 Å². The van der Waals surface area contributed by atoms with Gasteiger partial charge in [-0.05, 0) is 57.9 Å². The fourth-order valence-electron chi connectivity index (χ4n) is 4.42. The highest BCUT2D eigenvalue weighted by Gasteiger charge is 2.14. The van der Waals surface area contributed by atoms with Crippen LogP contribution >= 0.6 is 0 Å². The highest BCUT2D eigenvalue weighted by Crippen LogP contribution is 2.38. The summed E-state index contributed by atoms with van der Waals surface area (Å²) in [7, 11) is 0. The molecule has 2 heterocycles. The number of fused-ring (bicyclic) bond motifs is 8. The van der Waals surface area contributed by atoms with Crippen LogP contribution < -0.4 is 0 Å². The van der Waals surface area contributed by atoms with E-state index in [1.54, 1.807) is 0 Å². The van der Waals surface area contributed by atoms with Crippen LogP contribution in [0.2, 0.25) is 0 Å². The molecule has 0 radical (unpaired) electrons. The van der Waals surface area contributed by atoms with Gasteiger partial charge in [0, 0.05) is 21.5 Å². The van der Waals surface area contributed by atoms with Crippen LogP contribution in [-0.2, 0) is 0 Å². The second-order valence-electron chi connectivity index (χ2n) is 7.44. The number of hydrogen-bond acceptors (Lipinski definition) is 2. The molecule has 2 aromatic heterocycles. The van der Waals surface area contributed by atoms with Gasteiger partial charge in [0.15, 0.2) is 0 Å².